The van der Waals surface area contributed by atoms with Crippen LogP contribution in [0.15, 0.2) is 18.2 Å². The Labute approximate surface area is 129 Å². The van der Waals surface area contributed by atoms with Gasteiger partial charge < -0.3 is 4.74 Å². The summed E-state index contributed by atoms with van der Waals surface area (Å²) in [6, 6.07) is 4.02. The predicted octanol–water partition coefficient (Wildman–Crippen LogP) is 4.01. The molecule has 0 spiro atoms. The molecule has 1 aliphatic carbocycles. The quantitative estimate of drug-likeness (QED) is 0.674. The van der Waals surface area contributed by atoms with E-state index in [0.717, 1.165) is 25.7 Å². The lowest BCUT2D eigenvalue weighted by molar-refractivity contribution is -0.143. The molecule has 0 aliphatic heterocycles. The van der Waals surface area contributed by atoms with E-state index in [-0.39, 0.29) is 17.0 Å². The highest BCUT2D eigenvalue weighted by atomic mass is 35.5. The van der Waals surface area contributed by atoms with Crippen LogP contribution in [0.1, 0.15) is 50.1 Å². The number of ether oxygens (including phenoxy) is 1. The van der Waals surface area contributed by atoms with E-state index in [1.165, 1.54) is 32.1 Å². The second-order valence-electron chi connectivity index (χ2n) is 5.48. The number of halogens is 2. The van der Waals surface area contributed by atoms with Crippen molar-refractivity contribution in [2.75, 3.05) is 7.11 Å². The molecule has 3 nitrogen and oxygen atoms in total. The average molecular weight is 314 g/mol. The minimum Gasteiger partial charge on any atom is -0.468 e. The second-order valence-corrected chi connectivity index (χ2v) is 5.89. The molecule has 5 heteroatoms. The Morgan fingerprint density at radius 2 is 2.00 bits per heavy atom. The highest BCUT2D eigenvalue weighted by molar-refractivity contribution is 6.30. The largest absolute Gasteiger partial charge is 0.468 e. The van der Waals surface area contributed by atoms with Crippen LogP contribution in [0.25, 0.3) is 0 Å². The normalized spacial score (nSPS) is 18.0. The van der Waals surface area contributed by atoms with Crippen molar-refractivity contribution in [2.24, 2.45) is 0 Å². The molecule has 0 aromatic heterocycles. The molecule has 1 atom stereocenters. The van der Waals surface area contributed by atoms with E-state index in [9.17, 15) is 9.18 Å². The maximum absolute atomic E-state index is 13.3. The van der Waals surface area contributed by atoms with Crippen LogP contribution in [0.2, 0.25) is 5.02 Å². The van der Waals surface area contributed by atoms with Crippen LogP contribution in [0, 0.1) is 5.82 Å². The fraction of sp³-hybridized carbons (Fsp3) is 0.562. The molecule has 1 N–H and O–H groups in total. The van der Waals surface area contributed by atoms with Gasteiger partial charge >= 0.3 is 5.97 Å². The molecule has 0 heterocycles. The molecule has 2 rings (SSSR count). The number of carbonyl (C=O) groups excluding carboxylic acids is 1. The smallest absolute Gasteiger partial charge is 0.327 e. The van der Waals surface area contributed by atoms with Crippen molar-refractivity contribution in [3.8, 4) is 0 Å². The number of methoxy groups -OCH3 is 1. The van der Waals surface area contributed by atoms with E-state index < -0.39 is 11.9 Å². The van der Waals surface area contributed by atoms with Gasteiger partial charge in [0, 0.05) is 6.04 Å². The standard InChI is InChI=1S/C16H21ClFNO2/c1-21-16(20)15(11-8-9-14(18)13(17)10-11)19-12-6-4-2-3-5-7-12/h8-10,12,15,19H,2-7H2,1H3. The zero-order valence-electron chi connectivity index (χ0n) is 12.2. The Morgan fingerprint density at radius 1 is 1.33 bits per heavy atom. The third kappa shape index (κ3) is 4.42. The Bertz CT molecular complexity index is 487. The molecule has 116 valence electrons. The van der Waals surface area contributed by atoms with Crippen molar-refractivity contribution >= 4 is 17.6 Å². The fourth-order valence-electron chi connectivity index (χ4n) is 2.79. The summed E-state index contributed by atoms with van der Waals surface area (Å²) >= 11 is 5.82. The van der Waals surface area contributed by atoms with Gasteiger partial charge in [0.15, 0.2) is 0 Å². The summed E-state index contributed by atoms with van der Waals surface area (Å²) in [5.74, 6) is -0.861. The highest BCUT2D eigenvalue weighted by Gasteiger charge is 2.25. The molecule has 1 aromatic carbocycles. The minimum absolute atomic E-state index is 0.0177. The molecule has 1 aliphatic rings. The average Bonchev–Trinajstić information content (AvgIpc) is 2.75. The van der Waals surface area contributed by atoms with Crippen molar-refractivity contribution < 1.29 is 13.9 Å². The Morgan fingerprint density at radius 3 is 2.57 bits per heavy atom. The van der Waals surface area contributed by atoms with Gasteiger partial charge in [-0.15, -0.1) is 0 Å². The maximum atomic E-state index is 13.3. The van der Waals surface area contributed by atoms with Gasteiger partial charge in [-0.05, 0) is 30.5 Å². The lowest BCUT2D eigenvalue weighted by Gasteiger charge is -2.23. The number of esters is 1. The van der Waals surface area contributed by atoms with Gasteiger partial charge in [-0.25, -0.2) is 9.18 Å². The zero-order chi connectivity index (χ0) is 15.2. The van der Waals surface area contributed by atoms with E-state index in [4.69, 9.17) is 16.3 Å². The number of carbonyl (C=O) groups is 1. The Kier molecular flexibility index (Phi) is 6.00. The van der Waals surface area contributed by atoms with E-state index in [1.54, 1.807) is 6.07 Å². The lowest BCUT2D eigenvalue weighted by Crippen LogP contribution is -2.37. The first-order valence-corrected chi connectivity index (χ1v) is 7.78. The Hall–Kier alpha value is -1.13. The molecule has 1 fully saturated rings. The van der Waals surface area contributed by atoms with Gasteiger partial charge in [-0.2, -0.15) is 0 Å². The highest BCUT2D eigenvalue weighted by Crippen LogP contribution is 2.25. The summed E-state index contributed by atoms with van der Waals surface area (Å²) in [6.45, 7) is 0. The summed E-state index contributed by atoms with van der Waals surface area (Å²) in [5, 5.41) is 3.37. The summed E-state index contributed by atoms with van der Waals surface area (Å²) in [4.78, 5) is 12.0. The molecule has 0 bridgehead atoms. The summed E-state index contributed by atoms with van der Waals surface area (Å²) < 4.78 is 18.2. The molecule has 1 unspecified atom stereocenters. The van der Waals surface area contributed by atoms with Crippen molar-refractivity contribution in [3.63, 3.8) is 0 Å². The fourth-order valence-corrected chi connectivity index (χ4v) is 2.98. The van der Waals surface area contributed by atoms with Crippen molar-refractivity contribution in [2.45, 2.75) is 50.6 Å². The van der Waals surface area contributed by atoms with Crippen LogP contribution in [0.5, 0.6) is 0 Å². The van der Waals surface area contributed by atoms with E-state index in [0.29, 0.717) is 5.56 Å². The third-order valence-electron chi connectivity index (χ3n) is 3.97. The van der Waals surface area contributed by atoms with E-state index >= 15 is 0 Å². The molecule has 1 saturated carbocycles. The molecule has 21 heavy (non-hydrogen) atoms. The van der Waals surface area contributed by atoms with Crippen molar-refractivity contribution in [3.05, 3.63) is 34.6 Å². The van der Waals surface area contributed by atoms with E-state index in [1.807, 2.05) is 0 Å². The lowest BCUT2D eigenvalue weighted by atomic mass is 10.0. The molecular weight excluding hydrogens is 293 g/mol. The predicted molar refractivity (Wildman–Crippen MR) is 80.8 cm³/mol. The van der Waals surface area contributed by atoms with Crippen LogP contribution in [0.4, 0.5) is 4.39 Å². The van der Waals surface area contributed by atoms with Crippen LogP contribution >= 0.6 is 11.6 Å². The minimum atomic E-state index is -0.601. The Balaban J connectivity index is 2.17. The second kappa shape index (κ2) is 7.76. The summed E-state index contributed by atoms with van der Waals surface area (Å²) in [7, 11) is 1.36. The van der Waals surface area contributed by atoms with Gasteiger partial charge in [0.25, 0.3) is 0 Å². The van der Waals surface area contributed by atoms with E-state index in [2.05, 4.69) is 5.32 Å². The zero-order valence-corrected chi connectivity index (χ0v) is 13.0. The first-order chi connectivity index (χ1) is 10.1. The molecule has 0 amide bonds. The summed E-state index contributed by atoms with van der Waals surface area (Å²) in [6.07, 6.45) is 6.89. The monoisotopic (exact) mass is 313 g/mol. The number of benzene rings is 1. The van der Waals surface area contributed by atoms with Crippen LogP contribution in [-0.2, 0) is 9.53 Å². The van der Waals surface area contributed by atoms with Gasteiger partial charge in [0.1, 0.15) is 11.9 Å². The number of rotatable bonds is 4. The van der Waals surface area contributed by atoms with Gasteiger partial charge in [0.2, 0.25) is 0 Å². The maximum Gasteiger partial charge on any atom is 0.327 e. The first kappa shape index (κ1) is 16.2. The number of hydrogen-bond donors (Lipinski definition) is 1. The third-order valence-corrected chi connectivity index (χ3v) is 4.26. The van der Waals surface area contributed by atoms with Gasteiger partial charge in [0.05, 0.1) is 12.1 Å². The molecular formula is C16H21ClFNO2. The SMILES string of the molecule is COC(=O)C(NC1CCCCCC1)c1ccc(F)c(Cl)c1. The van der Waals surface area contributed by atoms with Gasteiger partial charge in [-0.3, -0.25) is 5.32 Å². The first-order valence-electron chi connectivity index (χ1n) is 7.40. The van der Waals surface area contributed by atoms with Crippen molar-refractivity contribution in [1.29, 1.82) is 0 Å². The number of hydrogen-bond acceptors (Lipinski definition) is 3. The van der Waals surface area contributed by atoms with Crippen LogP contribution < -0.4 is 5.32 Å². The van der Waals surface area contributed by atoms with Gasteiger partial charge in [-0.1, -0.05) is 43.4 Å². The van der Waals surface area contributed by atoms with Crippen LogP contribution in [-0.4, -0.2) is 19.1 Å². The molecule has 1 aromatic rings. The van der Waals surface area contributed by atoms with Crippen molar-refractivity contribution in [1.82, 2.24) is 5.32 Å². The number of nitrogens with one attached hydrogen (secondary N) is 1. The van der Waals surface area contributed by atoms with Crippen LogP contribution in [0.3, 0.4) is 0 Å². The summed E-state index contributed by atoms with van der Waals surface area (Å²) in [5.41, 5.74) is 0.637. The molecule has 0 saturated heterocycles. The molecule has 0 radical (unpaired) electrons. The topological polar surface area (TPSA) is 38.3 Å².